The molecule has 2 rings (SSSR count). The molecule has 13 heavy (non-hydrogen) atoms. The van der Waals surface area contributed by atoms with E-state index < -0.39 is 5.97 Å². The predicted octanol–water partition coefficient (Wildman–Crippen LogP) is 1.14. The van der Waals surface area contributed by atoms with Crippen molar-refractivity contribution in [2.75, 3.05) is 11.9 Å². The first-order valence-electron chi connectivity index (χ1n) is 4.24. The van der Waals surface area contributed by atoms with E-state index >= 15 is 0 Å². The van der Waals surface area contributed by atoms with Crippen molar-refractivity contribution in [2.45, 2.75) is 12.8 Å². The van der Waals surface area contributed by atoms with Crippen LogP contribution in [0.4, 0.5) is 5.69 Å². The summed E-state index contributed by atoms with van der Waals surface area (Å²) in [5, 5.41) is 12.0. The monoisotopic (exact) mass is 178 g/mol. The number of aromatic nitrogens is 1. The number of nitrogens with zero attached hydrogens (tertiary/aromatic N) is 1. The van der Waals surface area contributed by atoms with Crippen molar-refractivity contribution in [1.82, 2.24) is 4.98 Å². The zero-order valence-electron chi connectivity index (χ0n) is 7.08. The Morgan fingerprint density at radius 3 is 3.23 bits per heavy atom. The number of hydrogen-bond donors (Lipinski definition) is 2. The maximum Gasteiger partial charge on any atom is 0.354 e. The standard InChI is InChI=1S/C9H10N2O2/c12-9(13)8-6-2-1-4-10-7(6)3-5-11-8/h3,5,10H,1-2,4H2,(H,12,13). The van der Waals surface area contributed by atoms with E-state index in [9.17, 15) is 4.79 Å². The molecule has 4 nitrogen and oxygen atoms in total. The minimum atomic E-state index is -0.944. The fraction of sp³-hybridized carbons (Fsp3) is 0.333. The molecule has 4 heteroatoms. The minimum absolute atomic E-state index is 0.185. The Morgan fingerprint density at radius 1 is 1.62 bits per heavy atom. The Balaban J connectivity index is 2.52. The van der Waals surface area contributed by atoms with Gasteiger partial charge >= 0.3 is 5.97 Å². The fourth-order valence-corrected chi connectivity index (χ4v) is 1.58. The van der Waals surface area contributed by atoms with Gasteiger partial charge in [-0.25, -0.2) is 9.78 Å². The van der Waals surface area contributed by atoms with Crippen LogP contribution in [0.3, 0.4) is 0 Å². The highest BCUT2D eigenvalue weighted by Crippen LogP contribution is 2.23. The molecule has 0 amide bonds. The molecule has 1 aliphatic heterocycles. The summed E-state index contributed by atoms with van der Waals surface area (Å²) < 4.78 is 0. The van der Waals surface area contributed by atoms with Crippen molar-refractivity contribution in [1.29, 1.82) is 0 Å². The summed E-state index contributed by atoms with van der Waals surface area (Å²) >= 11 is 0. The fourth-order valence-electron chi connectivity index (χ4n) is 1.58. The molecule has 0 bridgehead atoms. The van der Waals surface area contributed by atoms with Gasteiger partial charge in [0.2, 0.25) is 0 Å². The quantitative estimate of drug-likeness (QED) is 0.676. The molecular weight excluding hydrogens is 168 g/mol. The average Bonchev–Trinajstić information content (AvgIpc) is 2.17. The summed E-state index contributed by atoms with van der Waals surface area (Å²) in [5.74, 6) is -0.944. The first kappa shape index (κ1) is 8.04. The molecule has 1 aromatic heterocycles. The van der Waals surface area contributed by atoms with E-state index in [1.54, 1.807) is 0 Å². The van der Waals surface area contributed by atoms with Crippen LogP contribution in [0.5, 0.6) is 0 Å². The van der Waals surface area contributed by atoms with Crippen molar-refractivity contribution in [3.63, 3.8) is 0 Å². The molecule has 0 aromatic carbocycles. The van der Waals surface area contributed by atoms with Crippen LogP contribution in [0, 0.1) is 0 Å². The molecule has 0 fully saturated rings. The molecule has 0 spiro atoms. The van der Waals surface area contributed by atoms with E-state index in [-0.39, 0.29) is 5.69 Å². The van der Waals surface area contributed by atoms with Gasteiger partial charge in [-0.3, -0.25) is 0 Å². The number of hydrogen-bond acceptors (Lipinski definition) is 3. The summed E-state index contributed by atoms with van der Waals surface area (Å²) in [7, 11) is 0. The summed E-state index contributed by atoms with van der Waals surface area (Å²) in [6, 6.07) is 1.82. The van der Waals surface area contributed by atoms with Gasteiger partial charge in [0.05, 0.1) is 0 Å². The van der Waals surface area contributed by atoms with Crippen LogP contribution in [-0.4, -0.2) is 22.6 Å². The van der Waals surface area contributed by atoms with Crippen LogP contribution in [-0.2, 0) is 6.42 Å². The maximum atomic E-state index is 10.8. The van der Waals surface area contributed by atoms with Gasteiger partial charge in [0.15, 0.2) is 5.69 Å². The van der Waals surface area contributed by atoms with Gasteiger partial charge in [0.25, 0.3) is 0 Å². The number of fused-ring (bicyclic) bond motifs is 1. The molecule has 0 saturated heterocycles. The Labute approximate surface area is 75.6 Å². The minimum Gasteiger partial charge on any atom is -0.477 e. The molecule has 2 heterocycles. The van der Waals surface area contributed by atoms with Gasteiger partial charge in [-0.2, -0.15) is 0 Å². The highest BCUT2D eigenvalue weighted by atomic mass is 16.4. The lowest BCUT2D eigenvalue weighted by molar-refractivity contribution is 0.0689. The zero-order valence-corrected chi connectivity index (χ0v) is 7.08. The van der Waals surface area contributed by atoms with Crippen LogP contribution in [0.2, 0.25) is 0 Å². The first-order chi connectivity index (χ1) is 6.29. The third-order valence-corrected chi connectivity index (χ3v) is 2.18. The van der Waals surface area contributed by atoms with E-state index in [1.807, 2.05) is 6.07 Å². The Morgan fingerprint density at radius 2 is 2.46 bits per heavy atom. The van der Waals surface area contributed by atoms with Crippen LogP contribution < -0.4 is 5.32 Å². The Bertz CT molecular complexity index is 349. The lowest BCUT2D eigenvalue weighted by atomic mass is 10.0. The van der Waals surface area contributed by atoms with E-state index in [1.165, 1.54) is 6.20 Å². The van der Waals surface area contributed by atoms with Gasteiger partial charge < -0.3 is 10.4 Å². The lowest BCUT2D eigenvalue weighted by Crippen LogP contribution is -2.16. The largest absolute Gasteiger partial charge is 0.477 e. The van der Waals surface area contributed by atoms with Gasteiger partial charge in [-0.1, -0.05) is 0 Å². The van der Waals surface area contributed by atoms with Gasteiger partial charge in [0, 0.05) is 24.0 Å². The first-order valence-corrected chi connectivity index (χ1v) is 4.24. The SMILES string of the molecule is O=C(O)c1nccc2c1CCCN2. The van der Waals surface area contributed by atoms with E-state index in [2.05, 4.69) is 10.3 Å². The highest BCUT2D eigenvalue weighted by Gasteiger charge is 2.17. The van der Waals surface area contributed by atoms with Gasteiger partial charge in [0.1, 0.15) is 0 Å². The molecule has 0 aliphatic carbocycles. The summed E-state index contributed by atoms with van der Waals surface area (Å²) in [6.45, 7) is 0.913. The number of carbonyl (C=O) groups is 1. The molecule has 0 atom stereocenters. The molecule has 2 N–H and O–H groups in total. The van der Waals surface area contributed by atoms with E-state index in [0.717, 1.165) is 30.6 Å². The number of carboxylic acid groups (broad SMARTS) is 1. The topological polar surface area (TPSA) is 62.2 Å². The third kappa shape index (κ3) is 1.35. The molecule has 1 aromatic rings. The number of pyridine rings is 1. The van der Waals surface area contributed by atoms with Crippen LogP contribution in [0.15, 0.2) is 12.3 Å². The van der Waals surface area contributed by atoms with Gasteiger partial charge in [-0.05, 0) is 18.9 Å². The second-order valence-electron chi connectivity index (χ2n) is 3.02. The molecule has 0 saturated carbocycles. The summed E-state index contributed by atoms with van der Waals surface area (Å²) in [5.41, 5.74) is 1.93. The number of carboxylic acids is 1. The highest BCUT2D eigenvalue weighted by molar-refractivity contribution is 5.89. The molecule has 68 valence electrons. The number of aromatic carboxylic acids is 1. The number of anilines is 1. The maximum absolute atomic E-state index is 10.8. The second-order valence-corrected chi connectivity index (χ2v) is 3.02. The average molecular weight is 178 g/mol. The normalized spacial score (nSPS) is 14.5. The Hall–Kier alpha value is -1.58. The lowest BCUT2D eigenvalue weighted by Gasteiger charge is -2.18. The van der Waals surface area contributed by atoms with Crippen molar-refractivity contribution < 1.29 is 9.90 Å². The molecule has 0 radical (unpaired) electrons. The van der Waals surface area contributed by atoms with Crippen molar-refractivity contribution in [2.24, 2.45) is 0 Å². The molecule has 0 unspecified atom stereocenters. The molecular formula is C9H10N2O2. The van der Waals surface area contributed by atoms with Crippen LogP contribution >= 0.6 is 0 Å². The van der Waals surface area contributed by atoms with Crippen molar-refractivity contribution in [3.05, 3.63) is 23.5 Å². The summed E-state index contributed by atoms with van der Waals surface area (Å²) in [6.07, 6.45) is 3.30. The van der Waals surface area contributed by atoms with E-state index in [0.29, 0.717) is 0 Å². The van der Waals surface area contributed by atoms with Crippen LogP contribution in [0.1, 0.15) is 22.5 Å². The second kappa shape index (κ2) is 3.05. The van der Waals surface area contributed by atoms with Crippen LogP contribution in [0.25, 0.3) is 0 Å². The number of nitrogens with one attached hydrogen (secondary N) is 1. The smallest absolute Gasteiger partial charge is 0.354 e. The van der Waals surface area contributed by atoms with Crippen molar-refractivity contribution >= 4 is 11.7 Å². The zero-order chi connectivity index (χ0) is 9.26. The van der Waals surface area contributed by atoms with Crippen molar-refractivity contribution in [3.8, 4) is 0 Å². The summed E-state index contributed by atoms with van der Waals surface area (Å²) in [4.78, 5) is 14.6. The predicted molar refractivity (Wildman–Crippen MR) is 48.0 cm³/mol. The molecule has 1 aliphatic rings. The number of rotatable bonds is 1. The Kier molecular flexibility index (Phi) is 1.88. The van der Waals surface area contributed by atoms with E-state index in [4.69, 9.17) is 5.11 Å². The third-order valence-electron chi connectivity index (χ3n) is 2.18. The van der Waals surface area contributed by atoms with Gasteiger partial charge in [-0.15, -0.1) is 0 Å².